The summed E-state index contributed by atoms with van der Waals surface area (Å²) in [6.07, 6.45) is 0.476. The maximum atomic E-state index is 11.7. The van der Waals surface area contributed by atoms with Crippen molar-refractivity contribution in [3.8, 4) is 0 Å². The minimum atomic E-state index is -0.0295. The van der Waals surface area contributed by atoms with Gasteiger partial charge < -0.3 is 10.5 Å². The van der Waals surface area contributed by atoms with E-state index in [1.807, 2.05) is 26.0 Å². The van der Waals surface area contributed by atoms with Crippen LogP contribution < -0.4 is 5.32 Å². The number of carbonyl (C=O) groups is 1. The summed E-state index contributed by atoms with van der Waals surface area (Å²) in [5.74, 6) is 0.285. The van der Waals surface area contributed by atoms with Crippen molar-refractivity contribution in [1.82, 2.24) is 0 Å². The number of hydrogen-bond acceptors (Lipinski definition) is 3. The number of anilines is 1. The van der Waals surface area contributed by atoms with Gasteiger partial charge in [-0.1, -0.05) is 37.2 Å². The maximum Gasteiger partial charge on any atom is 0.224 e. The molecule has 0 radical (unpaired) electrons. The van der Waals surface area contributed by atoms with Gasteiger partial charge >= 0.3 is 0 Å². The number of benzene rings is 1. The van der Waals surface area contributed by atoms with E-state index in [4.69, 9.17) is 5.21 Å². The molecule has 92 valence electrons. The molecule has 0 aliphatic rings. The van der Waals surface area contributed by atoms with Crippen LogP contribution in [0, 0.1) is 5.92 Å². The Morgan fingerprint density at radius 1 is 1.41 bits per heavy atom. The highest BCUT2D eigenvalue weighted by molar-refractivity contribution is 6.06. The van der Waals surface area contributed by atoms with Crippen molar-refractivity contribution < 1.29 is 10.0 Å². The fourth-order valence-electron chi connectivity index (χ4n) is 1.53. The number of nitrogens with zero attached hydrogens (tertiary/aromatic N) is 1. The number of nitrogens with one attached hydrogen (secondary N) is 1. The molecule has 4 heteroatoms. The van der Waals surface area contributed by atoms with E-state index in [1.165, 1.54) is 0 Å². The van der Waals surface area contributed by atoms with Gasteiger partial charge in [0.15, 0.2) is 0 Å². The van der Waals surface area contributed by atoms with Crippen LogP contribution in [0.3, 0.4) is 0 Å². The van der Waals surface area contributed by atoms with Crippen LogP contribution >= 0.6 is 0 Å². The second-order valence-electron chi connectivity index (χ2n) is 4.38. The Balaban J connectivity index is 2.88. The summed E-state index contributed by atoms with van der Waals surface area (Å²) >= 11 is 0. The van der Waals surface area contributed by atoms with Gasteiger partial charge in [-0.05, 0) is 18.9 Å². The second kappa shape index (κ2) is 6.03. The van der Waals surface area contributed by atoms with E-state index in [2.05, 4.69) is 10.5 Å². The summed E-state index contributed by atoms with van der Waals surface area (Å²) in [5.41, 5.74) is 1.88. The average molecular weight is 234 g/mol. The highest BCUT2D eigenvalue weighted by atomic mass is 16.4. The van der Waals surface area contributed by atoms with Gasteiger partial charge in [-0.25, -0.2) is 0 Å². The van der Waals surface area contributed by atoms with Crippen LogP contribution in [0.5, 0.6) is 0 Å². The summed E-state index contributed by atoms with van der Waals surface area (Å²) in [6, 6.07) is 7.27. The third-order valence-corrected chi connectivity index (χ3v) is 2.33. The number of carbonyl (C=O) groups excluding carboxylic acids is 1. The Morgan fingerprint density at radius 2 is 2.06 bits per heavy atom. The van der Waals surface area contributed by atoms with Crippen molar-refractivity contribution in [2.24, 2.45) is 11.1 Å². The highest BCUT2D eigenvalue weighted by Gasteiger charge is 2.09. The van der Waals surface area contributed by atoms with E-state index >= 15 is 0 Å². The lowest BCUT2D eigenvalue weighted by molar-refractivity contribution is -0.116. The largest absolute Gasteiger partial charge is 0.411 e. The van der Waals surface area contributed by atoms with Crippen LogP contribution in [0.2, 0.25) is 0 Å². The molecule has 4 nitrogen and oxygen atoms in total. The summed E-state index contributed by atoms with van der Waals surface area (Å²) in [7, 11) is 0. The smallest absolute Gasteiger partial charge is 0.224 e. The molecule has 1 aromatic carbocycles. The van der Waals surface area contributed by atoms with Crippen LogP contribution in [0.15, 0.2) is 29.4 Å². The predicted molar refractivity (Wildman–Crippen MR) is 68.5 cm³/mol. The van der Waals surface area contributed by atoms with Crippen LogP contribution in [0.25, 0.3) is 0 Å². The molecule has 0 heterocycles. The summed E-state index contributed by atoms with van der Waals surface area (Å²) in [5, 5.41) is 14.7. The molecule has 17 heavy (non-hydrogen) atoms. The number of para-hydroxylation sites is 1. The first kappa shape index (κ1) is 13.2. The number of amides is 1. The zero-order valence-corrected chi connectivity index (χ0v) is 10.4. The van der Waals surface area contributed by atoms with E-state index in [1.54, 1.807) is 19.1 Å². The molecule has 0 saturated heterocycles. The second-order valence-corrected chi connectivity index (χ2v) is 4.38. The highest BCUT2D eigenvalue weighted by Crippen LogP contribution is 2.16. The van der Waals surface area contributed by atoms with Gasteiger partial charge in [0, 0.05) is 17.7 Å². The zero-order valence-electron chi connectivity index (χ0n) is 10.4. The molecular weight excluding hydrogens is 216 g/mol. The number of rotatable bonds is 4. The Labute approximate surface area is 101 Å². The number of hydrogen-bond donors (Lipinski definition) is 2. The number of oxime groups is 1. The predicted octanol–water partition coefficient (Wildman–Crippen LogP) is 2.87. The first-order chi connectivity index (χ1) is 8.04. The van der Waals surface area contributed by atoms with E-state index in [9.17, 15) is 4.79 Å². The van der Waals surface area contributed by atoms with Crippen LogP contribution in [0.1, 0.15) is 32.8 Å². The van der Waals surface area contributed by atoms with Gasteiger partial charge in [0.05, 0.1) is 5.71 Å². The Kier molecular flexibility index (Phi) is 4.69. The maximum absolute atomic E-state index is 11.7. The van der Waals surface area contributed by atoms with Gasteiger partial charge in [0.2, 0.25) is 5.91 Å². The standard InChI is InChI=1S/C13H18N2O2/c1-9(2)8-13(16)14-12-7-5-4-6-11(12)10(3)15-17/h4-7,9,17H,8H2,1-3H3,(H,14,16)/b15-10+. The Hall–Kier alpha value is -1.84. The Morgan fingerprint density at radius 3 is 2.65 bits per heavy atom. The van der Waals surface area contributed by atoms with Crippen molar-refractivity contribution in [3.05, 3.63) is 29.8 Å². The van der Waals surface area contributed by atoms with E-state index in [0.717, 1.165) is 5.56 Å². The lowest BCUT2D eigenvalue weighted by atomic mass is 10.1. The van der Waals surface area contributed by atoms with E-state index in [-0.39, 0.29) is 5.91 Å². The van der Waals surface area contributed by atoms with Crippen molar-refractivity contribution in [2.45, 2.75) is 27.2 Å². The van der Waals surface area contributed by atoms with Crippen LogP contribution in [-0.4, -0.2) is 16.8 Å². The Bertz CT molecular complexity index is 425. The van der Waals surface area contributed by atoms with Gasteiger partial charge in [-0.15, -0.1) is 0 Å². The zero-order chi connectivity index (χ0) is 12.8. The first-order valence-electron chi connectivity index (χ1n) is 5.62. The van der Waals surface area contributed by atoms with E-state index < -0.39 is 0 Å². The van der Waals surface area contributed by atoms with Crippen LogP contribution in [-0.2, 0) is 4.79 Å². The first-order valence-corrected chi connectivity index (χ1v) is 5.62. The molecule has 0 unspecified atom stereocenters. The SMILES string of the molecule is C/C(=N\O)c1ccccc1NC(=O)CC(C)C. The molecule has 0 bridgehead atoms. The van der Waals surface area contributed by atoms with E-state index in [0.29, 0.717) is 23.7 Å². The molecule has 0 aliphatic carbocycles. The quantitative estimate of drug-likeness (QED) is 0.478. The fourth-order valence-corrected chi connectivity index (χ4v) is 1.53. The molecular formula is C13H18N2O2. The molecule has 1 aromatic rings. The summed E-state index contributed by atoms with van der Waals surface area (Å²) in [4.78, 5) is 11.7. The molecule has 0 fully saturated rings. The van der Waals surface area contributed by atoms with Crippen molar-refractivity contribution in [1.29, 1.82) is 0 Å². The normalized spacial score (nSPS) is 11.6. The molecule has 1 rings (SSSR count). The minimum absolute atomic E-state index is 0.0295. The lowest BCUT2D eigenvalue weighted by Gasteiger charge is -2.11. The molecule has 0 atom stereocenters. The van der Waals surface area contributed by atoms with Crippen molar-refractivity contribution >= 4 is 17.3 Å². The van der Waals surface area contributed by atoms with Gasteiger partial charge in [0.1, 0.15) is 0 Å². The minimum Gasteiger partial charge on any atom is -0.411 e. The third-order valence-electron chi connectivity index (χ3n) is 2.33. The summed E-state index contributed by atoms with van der Waals surface area (Å²) < 4.78 is 0. The van der Waals surface area contributed by atoms with Crippen molar-refractivity contribution in [3.63, 3.8) is 0 Å². The molecule has 1 amide bonds. The average Bonchev–Trinajstić information content (AvgIpc) is 2.27. The third kappa shape index (κ3) is 3.90. The lowest BCUT2D eigenvalue weighted by Crippen LogP contribution is -2.15. The monoisotopic (exact) mass is 234 g/mol. The van der Waals surface area contributed by atoms with Gasteiger partial charge in [0.25, 0.3) is 0 Å². The molecule has 0 aliphatic heterocycles. The van der Waals surface area contributed by atoms with Gasteiger partial charge in [-0.3, -0.25) is 4.79 Å². The molecule has 2 N–H and O–H groups in total. The molecule has 0 saturated carbocycles. The van der Waals surface area contributed by atoms with Crippen molar-refractivity contribution in [2.75, 3.05) is 5.32 Å². The molecule has 0 spiro atoms. The fraction of sp³-hybridized carbons (Fsp3) is 0.385. The van der Waals surface area contributed by atoms with Crippen LogP contribution in [0.4, 0.5) is 5.69 Å². The molecule has 0 aromatic heterocycles. The van der Waals surface area contributed by atoms with Gasteiger partial charge in [-0.2, -0.15) is 0 Å². The topological polar surface area (TPSA) is 61.7 Å². The summed E-state index contributed by atoms with van der Waals surface area (Å²) in [6.45, 7) is 5.67.